The van der Waals surface area contributed by atoms with Crippen molar-refractivity contribution < 1.29 is 13.3 Å². The molecule has 0 saturated carbocycles. The van der Waals surface area contributed by atoms with Crippen molar-refractivity contribution >= 4 is 21.4 Å². The van der Waals surface area contributed by atoms with Crippen molar-refractivity contribution in [2.45, 2.75) is 18.4 Å². The SMILES string of the molecule is Cc1ccc(CN(C)c2ccc(S(=O)(=O)N3CCN(C)CC3)cc2[N+](=O)[O-])cc1. The van der Waals surface area contributed by atoms with Gasteiger partial charge in [0.25, 0.3) is 5.69 Å². The molecule has 1 saturated heterocycles. The van der Waals surface area contributed by atoms with Crippen LogP contribution in [0.4, 0.5) is 11.4 Å². The first-order valence-electron chi connectivity index (χ1n) is 9.42. The molecule has 0 atom stereocenters. The second-order valence-electron chi connectivity index (χ2n) is 7.46. The van der Waals surface area contributed by atoms with Gasteiger partial charge in [0.2, 0.25) is 10.0 Å². The fourth-order valence-electron chi connectivity index (χ4n) is 3.36. The molecule has 1 aliphatic heterocycles. The third-order valence-electron chi connectivity index (χ3n) is 5.20. The molecule has 0 amide bonds. The van der Waals surface area contributed by atoms with Gasteiger partial charge in [-0.25, -0.2) is 8.42 Å². The number of piperazine rings is 1. The van der Waals surface area contributed by atoms with E-state index in [1.54, 1.807) is 11.9 Å². The van der Waals surface area contributed by atoms with Crippen molar-refractivity contribution in [2.24, 2.45) is 0 Å². The number of hydrogen-bond acceptors (Lipinski definition) is 6. The minimum atomic E-state index is -3.76. The molecule has 0 spiro atoms. The summed E-state index contributed by atoms with van der Waals surface area (Å²) in [7, 11) is -0.0652. The highest BCUT2D eigenvalue weighted by Crippen LogP contribution is 2.32. The summed E-state index contributed by atoms with van der Waals surface area (Å²) in [5, 5.41) is 11.7. The van der Waals surface area contributed by atoms with E-state index < -0.39 is 14.9 Å². The zero-order valence-electron chi connectivity index (χ0n) is 16.9. The van der Waals surface area contributed by atoms with Crippen LogP contribution in [0.1, 0.15) is 11.1 Å². The smallest absolute Gasteiger partial charge is 0.293 e. The van der Waals surface area contributed by atoms with E-state index in [4.69, 9.17) is 0 Å². The normalized spacial score (nSPS) is 16.0. The van der Waals surface area contributed by atoms with Gasteiger partial charge < -0.3 is 9.80 Å². The molecule has 3 rings (SSSR count). The summed E-state index contributed by atoms with van der Waals surface area (Å²) in [4.78, 5) is 14.9. The van der Waals surface area contributed by atoms with E-state index in [1.807, 2.05) is 38.2 Å². The summed E-state index contributed by atoms with van der Waals surface area (Å²) in [6.45, 7) is 4.50. The zero-order valence-corrected chi connectivity index (χ0v) is 17.7. The minimum absolute atomic E-state index is 0.0405. The first-order valence-corrected chi connectivity index (χ1v) is 10.9. The van der Waals surface area contributed by atoms with Crippen LogP contribution in [0.3, 0.4) is 0 Å². The molecule has 1 heterocycles. The maximum Gasteiger partial charge on any atom is 0.293 e. The lowest BCUT2D eigenvalue weighted by molar-refractivity contribution is -0.384. The van der Waals surface area contributed by atoms with Gasteiger partial charge in [-0.2, -0.15) is 4.31 Å². The van der Waals surface area contributed by atoms with Gasteiger partial charge in [-0.15, -0.1) is 0 Å². The topological polar surface area (TPSA) is 87.0 Å². The Morgan fingerprint density at radius 2 is 1.69 bits per heavy atom. The monoisotopic (exact) mass is 418 g/mol. The van der Waals surface area contributed by atoms with Crippen LogP contribution in [0.2, 0.25) is 0 Å². The van der Waals surface area contributed by atoms with Crippen molar-refractivity contribution in [1.82, 2.24) is 9.21 Å². The molecule has 0 N–H and O–H groups in total. The minimum Gasteiger partial charge on any atom is -0.365 e. The Hall–Kier alpha value is -2.49. The summed E-state index contributed by atoms with van der Waals surface area (Å²) >= 11 is 0. The number of likely N-dealkylation sites (N-methyl/N-ethyl adjacent to an activating group) is 1. The predicted octanol–water partition coefficient (Wildman–Crippen LogP) is 2.48. The molecule has 2 aromatic carbocycles. The lowest BCUT2D eigenvalue weighted by Gasteiger charge is -2.31. The number of aryl methyl sites for hydroxylation is 1. The molecule has 0 aromatic heterocycles. The number of nitrogens with zero attached hydrogens (tertiary/aromatic N) is 4. The maximum absolute atomic E-state index is 12.9. The number of anilines is 1. The van der Waals surface area contributed by atoms with Gasteiger partial charge in [-0.1, -0.05) is 29.8 Å². The van der Waals surface area contributed by atoms with Gasteiger partial charge in [0, 0.05) is 45.8 Å². The largest absolute Gasteiger partial charge is 0.365 e. The van der Waals surface area contributed by atoms with Crippen molar-refractivity contribution in [3.8, 4) is 0 Å². The van der Waals surface area contributed by atoms with Crippen LogP contribution >= 0.6 is 0 Å². The maximum atomic E-state index is 12.9. The van der Waals surface area contributed by atoms with Crippen LogP contribution in [0.5, 0.6) is 0 Å². The molecule has 1 fully saturated rings. The number of hydrogen-bond donors (Lipinski definition) is 0. The summed E-state index contributed by atoms with van der Waals surface area (Å²) in [6.07, 6.45) is 0. The molecule has 156 valence electrons. The standard InChI is InChI=1S/C20H26N4O4S/c1-16-4-6-17(7-5-16)15-22(3)19-9-8-18(14-20(19)24(25)26)29(27,28)23-12-10-21(2)11-13-23/h4-9,14H,10-13,15H2,1-3H3. The molecule has 0 bridgehead atoms. The zero-order chi connectivity index (χ0) is 21.2. The van der Waals surface area contributed by atoms with Crippen LogP contribution < -0.4 is 4.90 Å². The summed E-state index contributed by atoms with van der Waals surface area (Å²) in [6, 6.07) is 12.1. The highest BCUT2D eigenvalue weighted by molar-refractivity contribution is 7.89. The second-order valence-corrected chi connectivity index (χ2v) is 9.39. The fourth-order valence-corrected chi connectivity index (χ4v) is 4.81. The Balaban J connectivity index is 1.88. The molecule has 0 radical (unpaired) electrons. The Kier molecular flexibility index (Phi) is 6.21. The van der Waals surface area contributed by atoms with Gasteiger partial charge in [0.05, 0.1) is 9.82 Å². The Morgan fingerprint density at radius 3 is 2.28 bits per heavy atom. The third-order valence-corrected chi connectivity index (χ3v) is 7.09. The number of rotatable bonds is 6. The summed E-state index contributed by atoms with van der Waals surface area (Å²) < 4.78 is 27.3. The lowest BCUT2D eigenvalue weighted by atomic mass is 10.1. The molecule has 0 aliphatic carbocycles. The van der Waals surface area contributed by atoms with E-state index in [-0.39, 0.29) is 10.6 Å². The van der Waals surface area contributed by atoms with Gasteiger partial charge in [0.15, 0.2) is 0 Å². The quantitative estimate of drug-likeness (QED) is 0.529. The van der Waals surface area contributed by atoms with Gasteiger partial charge in [-0.05, 0) is 31.7 Å². The molecular weight excluding hydrogens is 392 g/mol. The molecule has 2 aromatic rings. The number of nitro benzene ring substituents is 1. The van der Waals surface area contributed by atoms with Gasteiger partial charge in [-0.3, -0.25) is 10.1 Å². The van der Waals surface area contributed by atoms with Crippen LogP contribution in [0.15, 0.2) is 47.4 Å². The lowest BCUT2D eigenvalue weighted by Crippen LogP contribution is -2.47. The van der Waals surface area contributed by atoms with Crippen LogP contribution in [-0.4, -0.2) is 62.8 Å². The van der Waals surface area contributed by atoms with E-state index in [9.17, 15) is 18.5 Å². The van der Waals surface area contributed by atoms with Crippen molar-refractivity contribution in [2.75, 3.05) is 45.2 Å². The summed E-state index contributed by atoms with van der Waals surface area (Å²) in [5.74, 6) is 0. The summed E-state index contributed by atoms with van der Waals surface area (Å²) in [5.41, 5.74) is 2.32. The van der Waals surface area contributed by atoms with Gasteiger partial charge >= 0.3 is 0 Å². The predicted molar refractivity (Wildman–Crippen MR) is 113 cm³/mol. The van der Waals surface area contributed by atoms with Crippen LogP contribution in [-0.2, 0) is 16.6 Å². The van der Waals surface area contributed by atoms with E-state index in [1.165, 1.54) is 22.5 Å². The first kappa shape index (κ1) is 21.2. The van der Waals surface area contributed by atoms with Crippen LogP contribution in [0.25, 0.3) is 0 Å². The number of nitro groups is 1. The average molecular weight is 419 g/mol. The van der Waals surface area contributed by atoms with E-state index in [2.05, 4.69) is 4.90 Å². The Bertz CT molecular complexity index is 984. The molecular formula is C20H26N4O4S. The fraction of sp³-hybridized carbons (Fsp3) is 0.400. The molecule has 0 unspecified atom stereocenters. The molecule has 9 heteroatoms. The highest BCUT2D eigenvalue weighted by Gasteiger charge is 2.30. The van der Waals surface area contributed by atoms with Crippen LogP contribution in [0, 0.1) is 17.0 Å². The van der Waals surface area contributed by atoms with Crippen molar-refractivity contribution in [3.05, 3.63) is 63.7 Å². The van der Waals surface area contributed by atoms with Gasteiger partial charge in [0.1, 0.15) is 5.69 Å². The Labute approximate surface area is 171 Å². The van der Waals surface area contributed by atoms with E-state index in [0.29, 0.717) is 38.4 Å². The average Bonchev–Trinajstić information content (AvgIpc) is 2.69. The molecule has 1 aliphatic rings. The third kappa shape index (κ3) is 4.75. The van der Waals surface area contributed by atoms with E-state index in [0.717, 1.165) is 11.1 Å². The molecule has 8 nitrogen and oxygen atoms in total. The number of sulfonamides is 1. The number of benzene rings is 2. The Morgan fingerprint density at radius 1 is 1.07 bits per heavy atom. The first-order chi connectivity index (χ1) is 13.7. The molecule has 29 heavy (non-hydrogen) atoms. The highest BCUT2D eigenvalue weighted by atomic mass is 32.2. The van der Waals surface area contributed by atoms with Crippen molar-refractivity contribution in [1.29, 1.82) is 0 Å². The van der Waals surface area contributed by atoms with E-state index >= 15 is 0 Å². The second kappa shape index (κ2) is 8.48. The van der Waals surface area contributed by atoms with Crippen molar-refractivity contribution in [3.63, 3.8) is 0 Å².